The molecule has 0 radical (unpaired) electrons. The minimum atomic E-state index is -5.73. The number of hydrogen-bond donors (Lipinski definition) is 1. The number of hydrogen-bond acceptors (Lipinski definition) is 4. The molecule has 1 aromatic rings. The maximum atomic E-state index is 12.4. The fourth-order valence-electron chi connectivity index (χ4n) is 5.29. The fourth-order valence-corrected chi connectivity index (χ4v) is 5.75. The molecule has 0 atom stereocenters. The van der Waals surface area contributed by atoms with Crippen LogP contribution in [0.25, 0.3) is 0 Å². The SMILES string of the molecule is O=C(NS(=O)(=O)C(F)(F)F)c1ccn(C23CC4CC(CC(C4)C2)C3)n1. The van der Waals surface area contributed by atoms with Crippen molar-refractivity contribution in [2.45, 2.75) is 49.6 Å². The van der Waals surface area contributed by atoms with Crippen LogP contribution >= 0.6 is 0 Å². The summed E-state index contributed by atoms with van der Waals surface area (Å²) < 4.78 is 62.0. The van der Waals surface area contributed by atoms with Crippen molar-refractivity contribution in [2.75, 3.05) is 0 Å². The average molecular weight is 377 g/mol. The standard InChI is InChI=1S/C15H18F3N3O3S/c16-15(17,18)25(23,24)20-13(22)12-1-2-21(19-12)14-6-9-3-10(7-14)5-11(4-9)8-14/h1-2,9-11H,3-8H2,(H,20,22). The summed E-state index contributed by atoms with van der Waals surface area (Å²) in [4.78, 5) is 11.9. The molecule has 1 amide bonds. The summed E-state index contributed by atoms with van der Waals surface area (Å²) in [6.07, 6.45) is 8.13. The van der Waals surface area contributed by atoms with Crippen LogP contribution in [-0.2, 0) is 15.6 Å². The number of carbonyl (C=O) groups is 1. The Morgan fingerprint density at radius 1 is 1.16 bits per heavy atom. The predicted octanol–water partition coefficient (Wildman–Crippen LogP) is 2.39. The highest BCUT2D eigenvalue weighted by Crippen LogP contribution is 2.58. The number of nitrogens with one attached hydrogen (secondary N) is 1. The molecule has 1 heterocycles. The van der Waals surface area contributed by atoms with Gasteiger partial charge in [-0.2, -0.15) is 26.7 Å². The van der Waals surface area contributed by atoms with Crippen LogP contribution in [0.5, 0.6) is 0 Å². The van der Waals surface area contributed by atoms with Gasteiger partial charge in [-0.05, 0) is 62.3 Å². The Bertz CT molecular complexity index is 780. The molecule has 4 aliphatic carbocycles. The Kier molecular flexibility index (Phi) is 3.52. The third-order valence-electron chi connectivity index (χ3n) is 5.85. The maximum absolute atomic E-state index is 12.4. The van der Waals surface area contributed by atoms with E-state index < -0.39 is 21.4 Å². The van der Waals surface area contributed by atoms with Gasteiger partial charge in [0.2, 0.25) is 0 Å². The molecule has 4 saturated carbocycles. The molecular weight excluding hydrogens is 359 g/mol. The zero-order valence-corrected chi connectivity index (χ0v) is 14.1. The highest BCUT2D eigenvalue weighted by molar-refractivity contribution is 7.90. The summed E-state index contributed by atoms with van der Waals surface area (Å²) in [6, 6.07) is 1.28. The third-order valence-corrected chi connectivity index (χ3v) is 6.91. The number of amides is 1. The van der Waals surface area contributed by atoms with Crippen molar-refractivity contribution >= 4 is 15.9 Å². The van der Waals surface area contributed by atoms with Gasteiger partial charge in [0, 0.05) is 6.20 Å². The van der Waals surface area contributed by atoms with E-state index in [9.17, 15) is 26.4 Å². The van der Waals surface area contributed by atoms with E-state index in [1.807, 2.05) is 0 Å². The largest absolute Gasteiger partial charge is 0.516 e. The molecule has 138 valence electrons. The van der Waals surface area contributed by atoms with E-state index in [4.69, 9.17) is 0 Å². The van der Waals surface area contributed by atoms with Crippen LogP contribution in [0, 0.1) is 17.8 Å². The molecule has 0 unspecified atom stereocenters. The lowest BCUT2D eigenvalue weighted by molar-refractivity contribution is -0.0495. The molecule has 1 N–H and O–H groups in total. The van der Waals surface area contributed by atoms with E-state index in [-0.39, 0.29) is 11.2 Å². The van der Waals surface area contributed by atoms with Crippen LogP contribution in [-0.4, -0.2) is 29.6 Å². The lowest BCUT2D eigenvalue weighted by atomic mass is 9.53. The van der Waals surface area contributed by atoms with Gasteiger partial charge < -0.3 is 0 Å². The number of nitrogens with zero attached hydrogens (tertiary/aromatic N) is 2. The Hall–Kier alpha value is -1.58. The van der Waals surface area contributed by atoms with E-state index in [0.29, 0.717) is 17.8 Å². The van der Waals surface area contributed by atoms with E-state index in [1.54, 1.807) is 10.9 Å². The van der Waals surface area contributed by atoms with Crippen molar-refractivity contribution in [1.82, 2.24) is 14.5 Å². The van der Waals surface area contributed by atoms with Crippen molar-refractivity contribution in [3.05, 3.63) is 18.0 Å². The van der Waals surface area contributed by atoms with Crippen molar-refractivity contribution in [3.63, 3.8) is 0 Å². The van der Waals surface area contributed by atoms with E-state index >= 15 is 0 Å². The molecule has 0 aromatic carbocycles. The smallest absolute Gasteiger partial charge is 0.266 e. The van der Waals surface area contributed by atoms with E-state index in [2.05, 4.69) is 5.10 Å². The van der Waals surface area contributed by atoms with E-state index in [0.717, 1.165) is 24.0 Å². The second-order valence-electron chi connectivity index (χ2n) is 7.67. The van der Waals surface area contributed by atoms with Crippen LogP contribution in [0.15, 0.2) is 12.3 Å². The monoisotopic (exact) mass is 377 g/mol. The first-order chi connectivity index (χ1) is 11.6. The molecule has 5 rings (SSSR count). The number of rotatable bonds is 3. The van der Waals surface area contributed by atoms with Gasteiger partial charge in [0.1, 0.15) is 0 Å². The summed E-state index contributed by atoms with van der Waals surface area (Å²) in [5.74, 6) is 0.552. The van der Waals surface area contributed by atoms with Gasteiger partial charge in [0.15, 0.2) is 5.69 Å². The normalized spacial score (nSPS) is 34.3. The molecule has 0 saturated heterocycles. The van der Waals surface area contributed by atoms with Crippen molar-refractivity contribution < 1.29 is 26.4 Å². The molecule has 4 aliphatic rings. The maximum Gasteiger partial charge on any atom is 0.516 e. The molecule has 6 nitrogen and oxygen atoms in total. The van der Waals surface area contributed by atoms with Gasteiger partial charge in [0.05, 0.1) is 5.54 Å². The van der Waals surface area contributed by atoms with Gasteiger partial charge in [-0.3, -0.25) is 9.48 Å². The molecule has 4 fully saturated rings. The Morgan fingerprint density at radius 3 is 2.16 bits per heavy atom. The second-order valence-corrected chi connectivity index (χ2v) is 9.34. The topological polar surface area (TPSA) is 81.1 Å². The highest BCUT2D eigenvalue weighted by Gasteiger charge is 2.52. The summed E-state index contributed by atoms with van der Waals surface area (Å²) in [6.45, 7) is 0. The van der Waals surface area contributed by atoms with Gasteiger partial charge in [-0.25, -0.2) is 4.72 Å². The van der Waals surface area contributed by atoms with Gasteiger partial charge in [-0.15, -0.1) is 0 Å². The first-order valence-corrected chi connectivity index (χ1v) is 9.76. The van der Waals surface area contributed by atoms with E-state index in [1.165, 1.54) is 25.3 Å². The first kappa shape index (κ1) is 16.9. The average Bonchev–Trinajstić information content (AvgIpc) is 2.94. The number of halogens is 3. The molecule has 10 heteroatoms. The number of alkyl halides is 3. The predicted molar refractivity (Wildman–Crippen MR) is 80.8 cm³/mol. The fraction of sp³-hybridized carbons (Fsp3) is 0.733. The van der Waals surface area contributed by atoms with Crippen molar-refractivity contribution in [1.29, 1.82) is 0 Å². The number of sulfonamides is 1. The van der Waals surface area contributed by atoms with Crippen molar-refractivity contribution in [2.24, 2.45) is 17.8 Å². The quantitative estimate of drug-likeness (QED) is 0.877. The molecular formula is C15H18F3N3O3S. The Balaban J connectivity index is 1.56. The first-order valence-electron chi connectivity index (χ1n) is 8.27. The summed E-state index contributed by atoms with van der Waals surface area (Å²) >= 11 is 0. The van der Waals surface area contributed by atoms with Gasteiger partial charge >= 0.3 is 15.5 Å². The zero-order chi connectivity index (χ0) is 18.0. The molecule has 1 aromatic heterocycles. The van der Waals surface area contributed by atoms with Gasteiger partial charge in [-0.1, -0.05) is 0 Å². The van der Waals surface area contributed by atoms with Gasteiger partial charge in [0.25, 0.3) is 5.91 Å². The Morgan fingerprint density at radius 2 is 1.68 bits per heavy atom. The summed E-state index contributed by atoms with van der Waals surface area (Å²) in [5.41, 5.74) is -6.04. The Labute approximate surface area is 142 Å². The summed E-state index contributed by atoms with van der Waals surface area (Å²) in [5, 5.41) is 4.14. The van der Waals surface area contributed by atoms with Crippen LogP contribution in [0.2, 0.25) is 0 Å². The molecule has 0 aliphatic heterocycles. The number of aromatic nitrogens is 2. The number of carbonyl (C=O) groups excluding carboxylic acids is 1. The minimum Gasteiger partial charge on any atom is -0.266 e. The third kappa shape index (κ3) is 2.74. The van der Waals surface area contributed by atoms with Crippen LogP contribution in [0.3, 0.4) is 0 Å². The second kappa shape index (κ2) is 5.21. The lowest BCUT2D eigenvalue weighted by Gasteiger charge is -2.56. The molecule has 0 spiro atoms. The van der Waals surface area contributed by atoms with Crippen LogP contribution in [0.4, 0.5) is 13.2 Å². The summed E-state index contributed by atoms with van der Waals surface area (Å²) in [7, 11) is -5.73. The zero-order valence-electron chi connectivity index (χ0n) is 13.3. The molecule has 25 heavy (non-hydrogen) atoms. The molecule has 4 bridgehead atoms. The van der Waals surface area contributed by atoms with Crippen LogP contribution < -0.4 is 4.72 Å². The minimum absolute atomic E-state index is 0.184. The lowest BCUT2D eigenvalue weighted by Crippen LogP contribution is -2.52. The van der Waals surface area contributed by atoms with Crippen LogP contribution in [0.1, 0.15) is 49.0 Å². The van der Waals surface area contributed by atoms with Crippen molar-refractivity contribution in [3.8, 4) is 0 Å². The highest BCUT2D eigenvalue weighted by atomic mass is 32.2.